The van der Waals surface area contributed by atoms with Crippen molar-refractivity contribution in [1.82, 2.24) is 9.78 Å². The van der Waals surface area contributed by atoms with Gasteiger partial charge in [0.25, 0.3) is 5.91 Å². The van der Waals surface area contributed by atoms with Gasteiger partial charge in [0.1, 0.15) is 15.6 Å². The highest BCUT2D eigenvalue weighted by molar-refractivity contribution is 7.18. The van der Waals surface area contributed by atoms with Crippen LogP contribution in [0.4, 0.5) is 5.00 Å². The molecule has 0 fully saturated rings. The van der Waals surface area contributed by atoms with Crippen molar-refractivity contribution in [3.8, 4) is 5.75 Å². The molecule has 0 saturated carbocycles. The number of benzene rings is 1. The van der Waals surface area contributed by atoms with Crippen molar-refractivity contribution in [3.05, 3.63) is 64.3 Å². The lowest BCUT2D eigenvalue weighted by atomic mass is 10.1. The van der Waals surface area contributed by atoms with Gasteiger partial charge in [-0.05, 0) is 44.5 Å². The number of thiophene rings is 1. The Balaban J connectivity index is 1.77. The van der Waals surface area contributed by atoms with Crippen molar-refractivity contribution in [2.24, 2.45) is 0 Å². The van der Waals surface area contributed by atoms with Crippen LogP contribution >= 0.6 is 11.3 Å². The molecule has 0 radical (unpaired) electrons. The van der Waals surface area contributed by atoms with Crippen LogP contribution in [0.15, 0.2) is 42.6 Å². The Hall–Kier alpha value is -3.66. The summed E-state index contributed by atoms with van der Waals surface area (Å²) >= 11 is 0.959. The molecule has 3 rings (SSSR count). The first-order valence-electron chi connectivity index (χ1n) is 9.94. The molecule has 1 aromatic carbocycles. The minimum absolute atomic E-state index is 0.122. The third kappa shape index (κ3) is 5.33. The number of rotatable bonds is 9. The number of amides is 1. The maximum Gasteiger partial charge on any atom is 0.348 e. The van der Waals surface area contributed by atoms with Crippen molar-refractivity contribution < 1.29 is 28.6 Å². The summed E-state index contributed by atoms with van der Waals surface area (Å²) in [5.74, 6) is -1.06. The highest BCUT2D eigenvalue weighted by atomic mass is 32.1. The third-order valence-electron chi connectivity index (χ3n) is 4.29. The number of nitrogens with zero attached hydrogens (tertiary/aromatic N) is 2. The average molecular weight is 458 g/mol. The molecule has 0 unspecified atom stereocenters. The van der Waals surface area contributed by atoms with Crippen molar-refractivity contribution in [3.63, 3.8) is 0 Å². The van der Waals surface area contributed by atoms with Gasteiger partial charge in [-0.25, -0.2) is 14.3 Å². The van der Waals surface area contributed by atoms with Crippen LogP contribution in [0.2, 0.25) is 0 Å². The topological polar surface area (TPSA) is 109 Å². The number of esters is 2. The van der Waals surface area contributed by atoms with Crippen LogP contribution in [-0.4, -0.2) is 40.8 Å². The highest BCUT2D eigenvalue weighted by Crippen LogP contribution is 2.34. The van der Waals surface area contributed by atoms with Crippen LogP contribution in [0.1, 0.15) is 49.9 Å². The van der Waals surface area contributed by atoms with Gasteiger partial charge in [-0.1, -0.05) is 18.2 Å². The largest absolute Gasteiger partial charge is 0.471 e. The molecule has 168 valence electrons. The Labute approximate surface area is 188 Å². The SMILES string of the molecule is CCOC(=O)c1sc(NC(=O)c2ccn(COc3ccccc3)n2)c(C(=O)OCC)c1C. The number of carbonyl (C=O) groups excluding carboxylic acids is 3. The second-order valence-electron chi connectivity index (χ2n) is 6.48. The molecule has 10 heteroatoms. The average Bonchev–Trinajstić information content (AvgIpc) is 3.38. The van der Waals surface area contributed by atoms with Crippen LogP contribution in [-0.2, 0) is 16.2 Å². The van der Waals surface area contributed by atoms with Crippen LogP contribution in [0.5, 0.6) is 5.75 Å². The Morgan fingerprint density at radius 2 is 1.72 bits per heavy atom. The first-order chi connectivity index (χ1) is 15.4. The maximum atomic E-state index is 12.8. The summed E-state index contributed by atoms with van der Waals surface area (Å²) in [7, 11) is 0. The van der Waals surface area contributed by atoms with Gasteiger partial charge < -0.3 is 19.5 Å². The van der Waals surface area contributed by atoms with Crippen LogP contribution < -0.4 is 10.1 Å². The summed E-state index contributed by atoms with van der Waals surface area (Å²) in [5, 5.41) is 7.07. The van der Waals surface area contributed by atoms with Gasteiger partial charge in [0.2, 0.25) is 0 Å². The summed E-state index contributed by atoms with van der Waals surface area (Å²) in [6.07, 6.45) is 1.60. The van der Waals surface area contributed by atoms with Gasteiger partial charge >= 0.3 is 11.9 Å². The van der Waals surface area contributed by atoms with Crippen molar-refractivity contribution in [2.45, 2.75) is 27.5 Å². The molecule has 0 aliphatic heterocycles. The highest BCUT2D eigenvalue weighted by Gasteiger charge is 2.27. The molecule has 1 amide bonds. The zero-order chi connectivity index (χ0) is 23.1. The predicted octanol–water partition coefficient (Wildman–Crippen LogP) is 3.90. The molecule has 0 bridgehead atoms. The van der Waals surface area contributed by atoms with Crippen LogP contribution in [0, 0.1) is 6.92 Å². The van der Waals surface area contributed by atoms with E-state index in [1.807, 2.05) is 30.3 Å². The molecule has 0 spiro atoms. The fourth-order valence-electron chi connectivity index (χ4n) is 2.82. The molecule has 0 aliphatic rings. The van der Waals surface area contributed by atoms with Gasteiger partial charge in [-0.3, -0.25) is 4.79 Å². The van der Waals surface area contributed by atoms with Gasteiger partial charge in [0.05, 0.1) is 18.8 Å². The van der Waals surface area contributed by atoms with E-state index in [0.29, 0.717) is 11.3 Å². The fraction of sp³-hybridized carbons (Fsp3) is 0.273. The zero-order valence-corrected chi connectivity index (χ0v) is 18.7. The van der Waals surface area contributed by atoms with Crippen LogP contribution in [0.25, 0.3) is 0 Å². The number of hydrogen-bond donors (Lipinski definition) is 1. The molecule has 0 aliphatic carbocycles. The summed E-state index contributed by atoms with van der Waals surface area (Å²) in [5.41, 5.74) is 0.643. The molecule has 9 nitrogen and oxygen atoms in total. The summed E-state index contributed by atoms with van der Waals surface area (Å²) in [6.45, 7) is 5.44. The molecule has 0 saturated heterocycles. The Bertz CT molecular complexity index is 1110. The standard InChI is InChI=1S/C22H23N3O6S/c1-4-29-21(27)17-14(3)18(22(28)30-5-2)32-20(17)23-19(26)16-11-12-25(24-16)13-31-15-9-7-6-8-10-15/h6-12H,4-5,13H2,1-3H3,(H,23,26). The zero-order valence-electron chi connectivity index (χ0n) is 17.9. The third-order valence-corrected chi connectivity index (χ3v) is 5.48. The smallest absolute Gasteiger partial charge is 0.348 e. The molecule has 2 aromatic heterocycles. The van der Waals surface area contributed by atoms with Gasteiger partial charge in [-0.2, -0.15) is 5.10 Å². The number of nitrogens with one attached hydrogen (secondary N) is 1. The van der Waals surface area contributed by atoms with Gasteiger partial charge in [0, 0.05) is 6.20 Å². The Morgan fingerprint density at radius 1 is 1.03 bits per heavy atom. The minimum atomic E-state index is -0.631. The van der Waals surface area contributed by atoms with E-state index in [4.69, 9.17) is 14.2 Å². The fourth-order valence-corrected chi connectivity index (χ4v) is 3.90. The maximum absolute atomic E-state index is 12.8. The molecular formula is C22H23N3O6S. The molecule has 1 N–H and O–H groups in total. The van der Waals surface area contributed by atoms with Gasteiger partial charge in [0.15, 0.2) is 12.4 Å². The number of anilines is 1. The van der Waals surface area contributed by atoms with E-state index < -0.39 is 17.8 Å². The molecular weight excluding hydrogens is 434 g/mol. The molecule has 32 heavy (non-hydrogen) atoms. The second kappa shape index (κ2) is 10.6. The van der Waals surface area contributed by atoms with E-state index in [2.05, 4.69) is 10.4 Å². The normalized spacial score (nSPS) is 10.5. The van der Waals surface area contributed by atoms with E-state index in [0.717, 1.165) is 11.3 Å². The number of ether oxygens (including phenoxy) is 3. The first-order valence-corrected chi connectivity index (χ1v) is 10.8. The monoisotopic (exact) mass is 457 g/mol. The Morgan fingerprint density at radius 3 is 2.41 bits per heavy atom. The number of hydrogen-bond acceptors (Lipinski definition) is 8. The Kier molecular flexibility index (Phi) is 7.61. The minimum Gasteiger partial charge on any atom is -0.471 e. The van der Waals surface area contributed by atoms with Crippen LogP contribution in [0.3, 0.4) is 0 Å². The first kappa shape index (κ1) is 23.0. The number of carbonyl (C=O) groups is 3. The quantitative estimate of drug-likeness (QED) is 0.486. The summed E-state index contributed by atoms with van der Waals surface area (Å²) < 4.78 is 17.2. The van der Waals surface area contributed by atoms with E-state index >= 15 is 0 Å². The summed E-state index contributed by atoms with van der Waals surface area (Å²) in [6, 6.07) is 10.7. The molecule has 2 heterocycles. The lowest BCUT2D eigenvalue weighted by molar-refractivity contribution is 0.0527. The lowest BCUT2D eigenvalue weighted by Gasteiger charge is -2.06. The van der Waals surface area contributed by atoms with Gasteiger partial charge in [-0.15, -0.1) is 11.3 Å². The van der Waals surface area contributed by atoms with E-state index in [-0.39, 0.29) is 41.1 Å². The summed E-state index contributed by atoms with van der Waals surface area (Å²) in [4.78, 5) is 37.7. The van der Waals surface area contributed by atoms with E-state index in [1.165, 1.54) is 10.7 Å². The van der Waals surface area contributed by atoms with E-state index in [1.54, 1.807) is 27.0 Å². The lowest BCUT2D eigenvalue weighted by Crippen LogP contribution is -2.16. The molecule has 0 atom stereocenters. The van der Waals surface area contributed by atoms with E-state index in [9.17, 15) is 14.4 Å². The van der Waals surface area contributed by atoms with Crippen molar-refractivity contribution in [2.75, 3.05) is 18.5 Å². The van der Waals surface area contributed by atoms with Crippen molar-refractivity contribution in [1.29, 1.82) is 0 Å². The predicted molar refractivity (Wildman–Crippen MR) is 118 cm³/mol. The second-order valence-corrected chi connectivity index (χ2v) is 7.50. The van der Waals surface area contributed by atoms with Crippen molar-refractivity contribution >= 4 is 34.2 Å². The number of aromatic nitrogens is 2. The molecule has 3 aromatic rings. The number of para-hydroxylation sites is 1.